The lowest BCUT2D eigenvalue weighted by molar-refractivity contribution is 0.627. The number of nitrogens with one attached hydrogen (secondary N) is 2. The summed E-state index contributed by atoms with van der Waals surface area (Å²) in [6.07, 6.45) is 6.02. The van der Waals surface area contributed by atoms with Gasteiger partial charge in [-0.2, -0.15) is 4.98 Å². The molecule has 24 heavy (non-hydrogen) atoms. The highest BCUT2D eigenvalue weighted by Gasteiger charge is 2.00. The van der Waals surface area contributed by atoms with Crippen LogP contribution in [0.15, 0.2) is 61.1 Å². The average molecular weight is 323 g/mol. The topological polar surface area (TPSA) is 62.7 Å². The van der Waals surface area contributed by atoms with Crippen molar-refractivity contribution >= 4 is 11.8 Å². The van der Waals surface area contributed by atoms with E-state index >= 15 is 0 Å². The standard InChI is InChI=1S/C18H18FN5/c19-16-3-1-14(2-4-16)7-11-21-17-8-12-22-18(24-17)23-13-15-5-9-20-10-6-15/h1-6,8-10,12H,7,11,13H2,(H2,21,22,23,24). The average Bonchev–Trinajstić information content (AvgIpc) is 2.63. The van der Waals surface area contributed by atoms with Crippen LogP contribution in [0.2, 0.25) is 0 Å². The highest BCUT2D eigenvalue weighted by atomic mass is 19.1. The Bertz CT molecular complexity index is 762. The van der Waals surface area contributed by atoms with E-state index in [1.807, 2.05) is 18.2 Å². The molecule has 0 saturated carbocycles. The number of nitrogens with zero attached hydrogens (tertiary/aromatic N) is 3. The molecular formula is C18H18FN5. The van der Waals surface area contributed by atoms with Gasteiger partial charge in [0.05, 0.1) is 0 Å². The Hall–Kier alpha value is -3.02. The molecule has 0 aliphatic heterocycles. The van der Waals surface area contributed by atoms with E-state index in [4.69, 9.17) is 0 Å². The predicted molar refractivity (Wildman–Crippen MR) is 92.2 cm³/mol. The minimum Gasteiger partial charge on any atom is -0.370 e. The SMILES string of the molecule is Fc1ccc(CCNc2ccnc(NCc3ccncc3)n2)cc1. The first-order valence-electron chi connectivity index (χ1n) is 7.74. The molecule has 3 aromatic rings. The number of aromatic nitrogens is 3. The molecule has 0 aliphatic carbocycles. The van der Waals surface area contributed by atoms with Crippen molar-refractivity contribution in [3.8, 4) is 0 Å². The van der Waals surface area contributed by atoms with Crippen molar-refractivity contribution in [2.45, 2.75) is 13.0 Å². The third-order valence-corrected chi connectivity index (χ3v) is 3.49. The van der Waals surface area contributed by atoms with Crippen LogP contribution in [0.25, 0.3) is 0 Å². The molecule has 2 N–H and O–H groups in total. The first-order valence-corrected chi connectivity index (χ1v) is 7.74. The number of pyridine rings is 1. The summed E-state index contributed by atoms with van der Waals surface area (Å²) in [5.74, 6) is 1.11. The lowest BCUT2D eigenvalue weighted by Crippen LogP contribution is -2.09. The van der Waals surface area contributed by atoms with E-state index in [0.29, 0.717) is 19.0 Å². The van der Waals surface area contributed by atoms with Crippen molar-refractivity contribution in [3.05, 3.63) is 78.0 Å². The van der Waals surface area contributed by atoms with Crippen LogP contribution in [0, 0.1) is 5.82 Å². The molecule has 1 aromatic carbocycles. The van der Waals surface area contributed by atoms with Crippen molar-refractivity contribution in [2.24, 2.45) is 0 Å². The second-order valence-electron chi connectivity index (χ2n) is 5.28. The van der Waals surface area contributed by atoms with E-state index in [2.05, 4.69) is 25.6 Å². The van der Waals surface area contributed by atoms with Crippen LogP contribution in [0.4, 0.5) is 16.2 Å². The van der Waals surface area contributed by atoms with Crippen LogP contribution in [-0.2, 0) is 13.0 Å². The maximum Gasteiger partial charge on any atom is 0.224 e. The van der Waals surface area contributed by atoms with E-state index in [0.717, 1.165) is 23.4 Å². The first kappa shape index (κ1) is 15.9. The minimum atomic E-state index is -0.215. The van der Waals surface area contributed by atoms with Gasteiger partial charge in [-0.25, -0.2) is 9.37 Å². The molecule has 2 heterocycles. The van der Waals surface area contributed by atoms with Crippen LogP contribution < -0.4 is 10.6 Å². The Morgan fingerprint density at radius 2 is 1.62 bits per heavy atom. The molecule has 0 saturated heterocycles. The third-order valence-electron chi connectivity index (χ3n) is 3.49. The van der Waals surface area contributed by atoms with Gasteiger partial charge >= 0.3 is 0 Å². The molecule has 122 valence electrons. The molecule has 0 bridgehead atoms. The van der Waals surface area contributed by atoms with Gasteiger partial charge in [-0.3, -0.25) is 4.98 Å². The van der Waals surface area contributed by atoms with Gasteiger partial charge in [-0.15, -0.1) is 0 Å². The Kier molecular flexibility index (Phi) is 5.29. The summed E-state index contributed by atoms with van der Waals surface area (Å²) < 4.78 is 12.9. The first-order chi connectivity index (χ1) is 11.8. The van der Waals surface area contributed by atoms with Gasteiger partial charge in [0.2, 0.25) is 5.95 Å². The van der Waals surface area contributed by atoms with E-state index in [1.165, 1.54) is 12.1 Å². The van der Waals surface area contributed by atoms with Crippen molar-refractivity contribution < 1.29 is 4.39 Å². The molecule has 0 spiro atoms. The number of halogens is 1. The molecule has 3 rings (SSSR count). The second kappa shape index (κ2) is 8.01. The third kappa shape index (κ3) is 4.74. The van der Waals surface area contributed by atoms with Crippen LogP contribution >= 0.6 is 0 Å². The molecule has 0 amide bonds. The molecule has 5 nitrogen and oxygen atoms in total. The largest absolute Gasteiger partial charge is 0.370 e. The highest BCUT2D eigenvalue weighted by molar-refractivity contribution is 5.40. The van der Waals surface area contributed by atoms with Gasteiger partial charge in [0.25, 0.3) is 0 Å². The zero-order valence-corrected chi connectivity index (χ0v) is 13.1. The molecule has 0 radical (unpaired) electrons. The molecule has 0 atom stereocenters. The highest BCUT2D eigenvalue weighted by Crippen LogP contribution is 2.08. The summed E-state index contributed by atoms with van der Waals surface area (Å²) in [7, 11) is 0. The Morgan fingerprint density at radius 3 is 2.42 bits per heavy atom. The molecule has 0 aliphatic rings. The van der Waals surface area contributed by atoms with E-state index in [1.54, 1.807) is 30.7 Å². The van der Waals surface area contributed by atoms with Crippen LogP contribution in [0.3, 0.4) is 0 Å². The molecular weight excluding hydrogens is 305 g/mol. The van der Waals surface area contributed by atoms with Gasteiger partial charge in [0, 0.05) is 31.7 Å². The summed E-state index contributed by atoms with van der Waals surface area (Å²) in [6, 6.07) is 12.2. The Labute approximate surface area is 140 Å². The van der Waals surface area contributed by atoms with E-state index < -0.39 is 0 Å². The van der Waals surface area contributed by atoms with E-state index in [9.17, 15) is 4.39 Å². The summed E-state index contributed by atoms with van der Waals surface area (Å²) in [5.41, 5.74) is 2.19. The maximum atomic E-state index is 12.9. The van der Waals surface area contributed by atoms with Crippen molar-refractivity contribution in [1.29, 1.82) is 0 Å². The van der Waals surface area contributed by atoms with Crippen LogP contribution in [0.1, 0.15) is 11.1 Å². The summed E-state index contributed by atoms with van der Waals surface area (Å²) in [4.78, 5) is 12.6. The summed E-state index contributed by atoms with van der Waals surface area (Å²) >= 11 is 0. The number of anilines is 2. The Morgan fingerprint density at radius 1 is 0.833 bits per heavy atom. The quantitative estimate of drug-likeness (QED) is 0.699. The monoisotopic (exact) mass is 323 g/mol. The Balaban J connectivity index is 1.50. The predicted octanol–water partition coefficient (Wildman–Crippen LogP) is 3.28. The number of hydrogen-bond acceptors (Lipinski definition) is 5. The molecule has 6 heteroatoms. The maximum absolute atomic E-state index is 12.9. The number of hydrogen-bond donors (Lipinski definition) is 2. The number of rotatable bonds is 7. The van der Waals surface area contributed by atoms with Crippen molar-refractivity contribution in [2.75, 3.05) is 17.2 Å². The van der Waals surface area contributed by atoms with Crippen molar-refractivity contribution in [1.82, 2.24) is 15.0 Å². The second-order valence-corrected chi connectivity index (χ2v) is 5.28. The van der Waals surface area contributed by atoms with E-state index in [-0.39, 0.29) is 5.82 Å². The number of benzene rings is 1. The fraction of sp³-hybridized carbons (Fsp3) is 0.167. The summed E-state index contributed by atoms with van der Waals surface area (Å²) in [5, 5.41) is 6.44. The van der Waals surface area contributed by atoms with Gasteiger partial charge in [0.15, 0.2) is 0 Å². The zero-order chi connectivity index (χ0) is 16.6. The van der Waals surface area contributed by atoms with Gasteiger partial charge in [-0.05, 0) is 47.9 Å². The van der Waals surface area contributed by atoms with Crippen LogP contribution in [-0.4, -0.2) is 21.5 Å². The fourth-order valence-electron chi connectivity index (χ4n) is 2.21. The lowest BCUT2D eigenvalue weighted by Gasteiger charge is -2.08. The van der Waals surface area contributed by atoms with Crippen molar-refractivity contribution in [3.63, 3.8) is 0 Å². The lowest BCUT2D eigenvalue weighted by atomic mass is 10.1. The summed E-state index contributed by atoms with van der Waals surface area (Å²) in [6.45, 7) is 1.36. The van der Waals surface area contributed by atoms with Gasteiger partial charge in [0.1, 0.15) is 11.6 Å². The van der Waals surface area contributed by atoms with Crippen LogP contribution in [0.5, 0.6) is 0 Å². The normalized spacial score (nSPS) is 10.4. The molecule has 0 fully saturated rings. The smallest absolute Gasteiger partial charge is 0.224 e. The molecule has 0 unspecified atom stereocenters. The fourth-order valence-corrected chi connectivity index (χ4v) is 2.21. The molecule has 2 aromatic heterocycles. The van der Waals surface area contributed by atoms with Gasteiger partial charge in [-0.1, -0.05) is 12.1 Å². The minimum absolute atomic E-state index is 0.215. The van der Waals surface area contributed by atoms with Gasteiger partial charge < -0.3 is 10.6 Å². The zero-order valence-electron chi connectivity index (χ0n) is 13.1.